The number of hydrogen-bond donors (Lipinski definition) is 1. The molecule has 2 aromatic carbocycles. The monoisotopic (exact) mass is 369 g/mol. The fraction of sp³-hybridized carbons (Fsp3) is 0.105. The molecule has 1 N–H and O–H groups in total. The molecule has 0 saturated heterocycles. The molecule has 0 aliphatic heterocycles. The van der Waals surface area contributed by atoms with E-state index in [-0.39, 0.29) is 5.56 Å². The number of ketones is 1. The second-order valence-electron chi connectivity index (χ2n) is 5.46. The first-order valence-electron chi connectivity index (χ1n) is 7.91. The summed E-state index contributed by atoms with van der Waals surface area (Å²) in [5.74, 6) is -0.796. The molecule has 0 aliphatic rings. The van der Waals surface area contributed by atoms with Gasteiger partial charge in [0.2, 0.25) is 0 Å². The molecule has 3 rings (SSSR count). The largest absolute Gasteiger partial charge is 0.493 e. The molecule has 0 saturated carbocycles. The molecule has 0 spiro atoms. The highest BCUT2D eigenvalue weighted by Gasteiger charge is 2.19. The van der Waals surface area contributed by atoms with Crippen LogP contribution in [-0.2, 0) is 4.79 Å². The van der Waals surface area contributed by atoms with Crippen molar-refractivity contribution in [1.29, 1.82) is 0 Å². The molecule has 138 valence electrons. The van der Waals surface area contributed by atoms with Gasteiger partial charge in [-0.25, -0.2) is 9.07 Å². The summed E-state index contributed by atoms with van der Waals surface area (Å²) in [6.07, 6.45) is 1.48. The summed E-state index contributed by atoms with van der Waals surface area (Å²) in [6, 6.07) is 11.4. The Morgan fingerprint density at radius 1 is 1.00 bits per heavy atom. The molecule has 8 heteroatoms. The average molecular weight is 369 g/mol. The highest BCUT2D eigenvalue weighted by Crippen LogP contribution is 2.30. The molecule has 7 nitrogen and oxygen atoms in total. The van der Waals surface area contributed by atoms with Crippen LogP contribution in [0, 0.1) is 5.82 Å². The molecule has 3 aromatic rings. The highest BCUT2D eigenvalue weighted by atomic mass is 19.1. The Morgan fingerprint density at radius 2 is 1.70 bits per heavy atom. The summed E-state index contributed by atoms with van der Waals surface area (Å²) in [5, 5.41) is 6.67. The van der Waals surface area contributed by atoms with Crippen LogP contribution in [0.5, 0.6) is 11.5 Å². The van der Waals surface area contributed by atoms with E-state index in [9.17, 15) is 14.0 Å². The number of amides is 1. The molecule has 1 aromatic heterocycles. The predicted octanol–water partition coefficient (Wildman–Crippen LogP) is 2.85. The fourth-order valence-electron chi connectivity index (χ4n) is 2.47. The Labute approximate surface area is 154 Å². The Kier molecular flexibility index (Phi) is 5.16. The fourth-order valence-corrected chi connectivity index (χ4v) is 2.47. The molecule has 0 atom stereocenters. The van der Waals surface area contributed by atoms with Crippen LogP contribution in [0.3, 0.4) is 0 Å². The summed E-state index contributed by atoms with van der Waals surface area (Å²) in [5.41, 5.74) is 0.688. The van der Waals surface area contributed by atoms with Gasteiger partial charge in [0, 0.05) is 17.7 Å². The van der Waals surface area contributed by atoms with Crippen LogP contribution in [0.4, 0.5) is 10.2 Å². The first-order valence-corrected chi connectivity index (χ1v) is 7.91. The number of hydrogen-bond acceptors (Lipinski definition) is 5. The first-order chi connectivity index (χ1) is 13.0. The third-order valence-electron chi connectivity index (χ3n) is 3.81. The Bertz CT molecular complexity index is 983. The van der Waals surface area contributed by atoms with E-state index in [4.69, 9.17) is 9.47 Å². The molecule has 0 radical (unpaired) electrons. The lowest BCUT2D eigenvalue weighted by Gasteiger charge is -2.12. The molecule has 0 aliphatic carbocycles. The van der Waals surface area contributed by atoms with Crippen molar-refractivity contribution in [2.75, 3.05) is 19.5 Å². The second-order valence-corrected chi connectivity index (χ2v) is 5.46. The molecule has 0 unspecified atom stereocenters. The van der Waals surface area contributed by atoms with Crippen molar-refractivity contribution in [3.05, 3.63) is 66.1 Å². The van der Waals surface area contributed by atoms with Crippen molar-refractivity contribution in [3.63, 3.8) is 0 Å². The van der Waals surface area contributed by atoms with Crippen molar-refractivity contribution in [2.45, 2.75) is 0 Å². The molecule has 1 amide bonds. The summed E-state index contributed by atoms with van der Waals surface area (Å²) in [6.45, 7) is 0. The van der Waals surface area contributed by atoms with Gasteiger partial charge in [-0.3, -0.25) is 9.59 Å². The third kappa shape index (κ3) is 3.79. The quantitative estimate of drug-likeness (QED) is 0.534. The zero-order valence-electron chi connectivity index (χ0n) is 14.6. The maximum absolute atomic E-state index is 13.0. The number of carbonyl (C=O) groups excluding carboxylic acids is 2. The Balaban J connectivity index is 1.84. The topological polar surface area (TPSA) is 82.5 Å². The van der Waals surface area contributed by atoms with Crippen LogP contribution in [0.2, 0.25) is 0 Å². The van der Waals surface area contributed by atoms with E-state index >= 15 is 0 Å². The van der Waals surface area contributed by atoms with Crippen molar-refractivity contribution in [1.82, 2.24) is 9.78 Å². The van der Waals surface area contributed by atoms with Gasteiger partial charge >= 0.3 is 0 Å². The zero-order chi connectivity index (χ0) is 19.4. The molecule has 1 heterocycles. The van der Waals surface area contributed by atoms with Gasteiger partial charge in [0.25, 0.3) is 11.7 Å². The van der Waals surface area contributed by atoms with E-state index in [1.165, 1.54) is 37.2 Å². The maximum Gasteiger partial charge on any atom is 0.297 e. The lowest BCUT2D eigenvalue weighted by Crippen LogP contribution is -2.24. The van der Waals surface area contributed by atoms with Crippen LogP contribution >= 0.6 is 0 Å². The number of anilines is 1. The maximum atomic E-state index is 13.0. The van der Waals surface area contributed by atoms with Gasteiger partial charge in [-0.2, -0.15) is 5.10 Å². The van der Waals surface area contributed by atoms with Crippen LogP contribution in [0.15, 0.2) is 54.7 Å². The standard InChI is InChI=1S/C19H16FN3O4/c1-26-15-8-7-14(11-16(15)27-2)23-17(9-10-21-23)22-19(25)18(24)12-3-5-13(20)6-4-12/h3-11H,1-2H3,(H,22,25). The number of ether oxygens (including phenoxy) is 2. The lowest BCUT2D eigenvalue weighted by atomic mass is 10.1. The SMILES string of the molecule is COc1ccc(-n2nccc2NC(=O)C(=O)c2ccc(F)cc2)cc1OC. The normalized spacial score (nSPS) is 10.3. The van der Waals surface area contributed by atoms with E-state index < -0.39 is 17.5 Å². The zero-order valence-corrected chi connectivity index (χ0v) is 14.6. The molecule has 0 bridgehead atoms. The number of carbonyl (C=O) groups is 2. The number of rotatable bonds is 6. The van der Waals surface area contributed by atoms with Gasteiger partial charge in [0.05, 0.1) is 26.1 Å². The van der Waals surface area contributed by atoms with Gasteiger partial charge in [0.1, 0.15) is 11.6 Å². The highest BCUT2D eigenvalue weighted by molar-refractivity contribution is 6.46. The molecule has 0 fully saturated rings. The van der Waals surface area contributed by atoms with E-state index in [1.54, 1.807) is 24.3 Å². The summed E-state index contributed by atoms with van der Waals surface area (Å²) < 4.78 is 24.9. The van der Waals surface area contributed by atoms with E-state index in [1.807, 2.05) is 0 Å². The van der Waals surface area contributed by atoms with Crippen LogP contribution in [0.1, 0.15) is 10.4 Å². The van der Waals surface area contributed by atoms with Gasteiger partial charge in [0.15, 0.2) is 11.5 Å². The van der Waals surface area contributed by atoms with Gasteiger partial charge in [-0.1, -0.05) is 0 Å². The number of Topliss-reactive ketones (excluding diaryl/α,β-unsaturated/α-hetero) is 1. The van der Waals surface area contributed by atoms with Crippen molar-refractivity contribution in [3.8, 4) is 17.2 Å². The lowest BCUT2D eigenvalue weighted by molar-refractivity contribution is -0.112. The smallest absolute Gasteiger partial charge is 0.297 e. The molecular formula is C19H16FN3O4. The molecule has 27 heavy (non-hydrogen) atoms. The summed E-state index contributed by atoms with van der Waals surface area (Å²) >= 11 is 0. The number of aromatic nitrogens is 2. The minimum atomic E-state index is -0.858. The third-order valence-corrected chi connectivity index (χ3v) is 3.81. The number of nitrogens with one attached hydrogen (secondary N) is 1. The predicted molar refractivity (Wildman–Crippen MR) is 96.0 cm³/mol. The first kappa shape index (κ1) is 18.1. The minimum absolute atomic E-state index is 0.0890. The summed E-state index contributed by atoms with van der Waals surface area (Å²) in [7, 11) is 3.03. The molecular weight excluding hydrogens is 353 g/mol. The Morgan fingerprint density at radius 3 is 2.37 bits per heavy atom. The number of nitrogens with zero attached hydrogens (tertiary/aromatic N) is 2. The number of halogens is 1. The van der Waals surface area contributed by atoms with Crippen molar-refractivity contribution < 1.29 is 23.5 Å². The second kappa shape index (κ2) is 7.69. The summed E-state index contributed by atoms with van der Waals surface area (Å²) in [4.78, 5) is 24.5. The van der Waals surface area contributed by atoms with Crippen LogP contribution < -0.4 is 14.8 Å². The van der Waals surface area contributed by atoms with Gasteiger partial charge in [-0.15, -0.1) is 0 Å². The van der Waals surface area contributed by atoms with Crippen molar-refractivity contribution in [2.24, 2.45) is 0 Å². The van der Waals surface area contributed by atoms with E-state index in [0.717, 1.165) is 12.1 Å². The Hall–Kier alpha value is -3.68. The van der Waals surface area contributed by atoms with E-state index in [0.29, 0.717) is 23.0 Å². The van der Waals surface area contributed by atoms with Gasteiger partial charge < -0.3 is 14.8 Å². The van der Waals surface area contributed by atoms with Crippen LogP contribution in [0.25, 0.3) is 5.69 Å². The van der Waals surface area contributed by atoms with Crippen molar-refractivity contribution >= 4 is 17.5 Å². The number of benzene rings is 2. The van der Waals surface area contributed by atoms with E-state index in [2.05, 4.69) is 10.4 Å². The average Bonchev–Trinajstić information content (AvgIpc) is 3.15. The number of methoxy groups -OCH3 is 2. The van der Waals surface area contributed by atoms with Gasteiger partial charge in [-0.05, 0) is 36.4 Å². The minimum Gasteiger partial charge on any atom is -0.493 e. The van der Waals surface area contributed by atoms with Crippen LogP contribution in [-0.4, -0.2) is 35.7 Å².